The maximum absolute atomic E-state index is 10.3. The average Bonchev–Trinajstić information content (AvgIpc) is 2.04. The van der Waals surface area contributed by atoms with E-state index in [9.17, 15) is 9.90 Å². The summed E-state index contributed by atoms with van der Waals surface area (Å²) in [7, 11) is 1.36. The molecular formula is C7H6LiNO3. The molecule has 58 valence electrons. The topological polar surface area (TPSA) is 62.2 Å². The van der Waals surface area contributed by atoms with Gasteiger partial charge in [0.25, 0.3) is 0 Å². The van der Waals surface area contributed by atoms with Gasteiger partial charge < -0.3 is 14.6 Å². The molecule has 1 rings (SSSR count). The number of hydrogen-bond donors (Lipinski definition) is 0. The van der Waals surface area contributed by atoms with Crippen LogP contribution in [0.4, 0.5) is 0 Å². The first-order chi connectivity index (χ1) is 5.25. The Balaban J connectivity index is 0.00000121. The molecule has 0 N–H and O–H groups in total. The number of carbonyl (C=O) groups is 1. The van der Waals surface area contributed by atoms with Crippen LogP contribution in [-0.2, 0) is 0 Å². The number of hydrogen-bond acceptors (Lipinski definition) is 4. The first-order valence-corrected chi connectivity index (χ1v) is 2.96. The Morgan fingerprint density at radius 3 is 2.75 bits per heavy atom. The van der Waals surface area contributed by atoms with Gasteiger partial charge in [0.15, 0.2) is 0 Å². The summed E-state index contributed by atoms with van der Waals surface area (Å²) in [5.74, 6) is -1.21. The maximum Gasteiger partial charge on any atom is 1.00 e. The minimum atomic E-state index is -1.28. The zero-order chi connectivity index (χ0) is 8.27. The van der Waals surface area contributed by atoms with Crippen molar-refractivity contribution in [1.29, 1.82) is 0 Å². The van der Waals surface area contributed by atoms with Crippen LogP contribution in [0.25, 0.3) is 0 Å². The minimum absolute atomic E-state index is 0. The largest absolute Gasteiger partial charge is 1.00 e. The number of ether oxygens (including phenoxy) is 1. The Labute approximate surface area is 81.7 Å². The smallest absolute Gasteiger partial charge is 0.545 e. The molecule has 0 aliphatic rings. The number of carboxylic acids is 1. The van der Waals surface area contributed by atoms with Crippen LogP contribution in [0.3, 0.4) is 0 Å². The summed E-state index contributed by atoms with van der Waals surface area (Å²) < 4.78 is 4.67. The molecule has 0 saturated heterocycles. The third-order valence-electron chi connectivity index (χ3n) is 1.18. The third kappa shape index (κ3) is 2.26. The van der Waals surface area contributed by atoms with Crippen LogP contribution in [0.15, 0.2) is 18.3 Å². The number of pyridine rings is 1. The number of rotatable bonds is 2. The van der Waals surface area contributed by atoms with Crippen LogP contribution >= 0.6 is 0 Å². The number of carboxylic acid groups (broad SMARTS) is 1. The molecule has 0 aliphatic heterocycles. The summed E-state index contributed by atoms with van der Waals surface area (Å²) in [5, 5.41) is 10.3. The van der Waals surface area contributed by atoms with E-state index in [4.69, 9.17) is 0 Å². The molecule has 0 spiro atoms. The van der Waals surface area contributed by atoms with Crippen LogP contribution in [0.2, 0.25) is 0 Å². The SMILES string of the molecule is COc1ncccc1C(=O)[O-].[Li+]. The second kappa shape index (κ2) is 4.81. The molecular weight excluding hydrogens is 153 g/mol. The van der Waals surface area contributed by atoms with Crippen LogP contribution in [0, 0.1) is 0 Å². The van der Waals surface area contributed by atoms with Gasteiger partial charge in [-0.05, 0) is 12.1 Å². The molecule has 0 amide bonds. The summed E-state index contributed by atoms with van der Waals surface area (Å²) in [5.41, 5.74) is -0.0324. The number of carbonyl (C=O) groups excluding carboxylic acids is 1. The van der Waals surface area contributed by atoms with Gasteiger partial charge in [0, 0.05) is 6.20 Å². The van der Waals surface area contributed by atoms with Crippen molar-refractivity contribution in [2.45, 2.75) is 0 Å². The number of methoxy groups -OCH3 is 1. The van der Waals surface area contributed by atoms with Gasteiger partial charge in [0.2, 0.25) is 5.88 Å². The molecule has 0 aromatic carbocycles. The summed E-state index contributed by atoms with van der Waals surface area (Å²) in [6, 6.07) is 2.88. The molecule has 1 aromatic rings. The van der Waals surface area contributed by atoms with E-state index < -0.39 is 5.97 Å². The van der Waals surface area contributed by atoms with E-state index in [2.05, 4.69) is 9.72 Å². The van der Waals surface area contributed by atoms with Crippen molar-refractivity contribution in [2.75, 3.05) is 7.11 Å². The monoisotopic (exact) mass is 159 g/mol. The zero-order valence-corrected chi connectivity index (χ0v) is 6.90. The fourth-order valence-corrected chi connectivity index (χ4v) is 0.709. The quantitative estimate of drug-likeness (QED) is 0.419. The Morgan fingerprint density at radius 1 is 1.67 bits per heavy atom. The maximum atomic E-state index is 10.3. The Hall–Kier alpha value is -0.983. The van der Waals surface area contributed by atoms with Crippen molar-refractivity contribution in [3.63, 3.8) is 0 Å². The normalized spacial score (nSPS) is 8.42. The van der Waals surface area contributed by atoms with Crippen molar-refractivity contribution < 1.29 is 33.5 Å². The van der Waals surface area contributed by atoms with E-state index in [1.54, 1.807) is 0 Å². The molecule has 1 heterocycles. The Morgan fingerprint density at radius 2 is 2.33 bits per heavy atom. The van der Waals surface area contributed by atoms with Crippen molar-refractivity contribution in [2.24, 2.45) is 0 Å². The second-order valence-electron chi connectivity index (χ2n) is 1.85. The molecule has 0 fully saturated rings. The van der Waals surface area contributed by atoms with Crippen LogP contribution < -0.4 is 28.7 Å². The van der Waals surface area contributed by atoms with E-state index in [0.29, 0.717) is 0 Å². The number of nitrogens with zero attached hydrogens (tertiary/aromatic N) is 1. The molecule has 5 heteroatoms. The molecule has 0 unspecified atom stereocenters. The van der Waals surface area contributed by atoms with Gasteiger partial charge >= 0.3 is 18.9 Å². The summed E-state index contributed by atoms with van der Waals surface area (Å²) in [6.45, 7) is 0. The first kappa shape index (κ1) is 11.0. The summed E-state index contributed by atoms with van der Waals surface area (Å²) in [6.07, 6.45) is 1.45. The Bertz CT molecular complexity index is 277. The van der Waals surface area contributed by atoms with Crippen molar-refractivity contribution in [3.8, 4) is 5.88 Å². The van der Waals surface area contributed by atoms with Gasteiger partial charge in [0.05, 0.1) is 18.6 Å². The predicted molar refractivity (Wildman–Crippen MR) is 35.1 cm³/mol. The molecule has 0 radical (unpaired) electrons. The second-order valence-corrected chi connectivity index (χ2v) is 1.85. The van der Waals surface area contributed by atoms with Crippen molar-refractivity contribution >= 4 is 5.97 Å². The summed E-state index contributed by atoms with van der Waals surface area (Å²) in [4.78, 5) is 14.0. The molecule has 0 atom stereocenters. The molecule has 4 nitrogen and oxygen atoms in total. The molecule has 12 heavy (non-hydrogen) atoms. The minimum Gasteiger partial charge on any atom is -0.545 e. The molecule has 0 aliphatic carbocycles. The molecule has 0 saturated carbocycles. The first-order valence-electron chi connectivity index (χ1n) is 2.96. The van der Waals surface area contributed by atoms with Gasteiger partial charge in [-0.2, -0.15) is 0 Å². The average molecular weight is 159 g/mol. The fourth-order valence-electron chi connectivity index (χ4n) is 0.709. The van der Waals surface area contributed by atoms with Crippen LogP contribution in [-0.4, -0.2) is 18.1 Å². The number of aromatic nitrogens is 1. The fraction of sp³-hybridized carbons (Fsp3) is 0.143. The van der Waals surface area contributed by atoms with Gasteiger partial charge in [-0.15, -0.1) is 0 Å². The zero-order valence-electron chi connectivity index (χ0n) is 6.90. The predicted octanol–water partition coefficient (Wildman–Crippen LogP) is -3.54. The van der Waals surface area contributed by atoms with E-state index in [0.717, 1.165) is 0 Å². The van der Waals surface area contributed by atoms with Gasteiger partial charge in [-0.1, -0.05) is 0 Å². The molecule has 0 bridgehead atoms. The Kier molecular flexibility index (Phi) is 4.41. The van der Waals surface area contributed by atoms with E-state index in [-0.39, 0.29) is 30.3 Å². The van der Waals surface area contributed by atoms with E-state index in [1.807, 2.05) is 0 Å². The van der Waals surface area contributed by atoms with Gasteiger partial charge in [0.1, 0.15) is 0 Å². The molecule has 1 aromatic heterocycles. The van der Waals surface area contributed by atoms with Gasteiger partial charge in [-0.25, -0.2) is 4.98 Å². The van der Waals surface area contributed by atoms with Crippen molar-refractivity contribution in [1.82, 2.24) is 4.98 Å². The van der Waals surface area contributed by atoms with Gasteiger partial charge in [-0.3, -0.25) is 0 Å². The van der Waals surface area contributed by atoms with E-state index >= 15 is 0 Å². The van der Waals surface area contributed by atoms with Crippen LogP contribution in [0.1, 0.15) is 10.4 Å². The van der Waals surface area contributed by atoms with Crippen LogP contribution in [0.5, 0.6) is 5.88 Å². The third-order valence-corrected chi connectivity index (χ3v) is 1.18. The van der Waals surface area contributed by atoms with E-state index in [1.165, 1.54) is 25.4 Å². The number of aromatic carboxylic acids is 1. The summed E-state index contributed by atoms with van der Waals surface area (Å²) >= 11 is 0. The van der Waals surface area contributed by atoms with Crippen molar-refractivity contribution in [3.05, 3.63) is 23.9 Å². The standard InChI is InChI=1S/C7H7NO3.Li/c1-11-6-5(7(9)10)3-2-4-8-6;/h2-4H,1H3,(H,9,10);/q;+1/p-1.